The van der Waals surface area contributed by atoms with Gasteiger partial charge in [0.2, 0.25) is 0 Å². The Morgan fingerprint density at radius 1 is 1.00 bits per heavy atom. The van der Waals surface area contributed by atoms with Crippen molar-refractivity contribution >= 4 is 0 Å². The normalized spacial score (nSPS) is 14.5. The summed E-state index contributed by atoms with van der Waals surface area (Å²) in [6.45, 7) is 2.03. The number of benzene rings is 2. The summed E-state index contributed by atoms with van der Waals surface area (Å²) >= 11 is 0. The van der Waals surface area contributed by atoms with Gasteiger partial charge in [0.1, 0.15) is 5.82 Å². The fourth-order valence-corrected chi connectivity index (χ4v) is 2.35. The average molecular weight is 291 g/mol. The Hall–Kier alpha value is -1.81. The van der Waals surface area contributed by atoms with Gasteiger partial charge in [0.05, 0.1) is 0 Å². The van der Waals surface area contributed by atoms with Gasteiger partial charge >= 0.3 is 0 Å². The molecule has 1 saturated carbocycles. The van der Waals surface area contributed by atoms with Gasteiger partial charge in [-0.15, -0.1) is 0 Å². The van der Waals surface area contributed by atoms with Crippen LogP contribution in [0.3, 0.4) is 0 Å². The molecule has 0 bridgehead atoms. The van der Waals surface area contributed by atoms with Crippen LogP contribution < -0.4 is 5.32 Å². The second-order valence-electron chi connectivity index (χ2n) is 5.51. The van der Waals surface area contributed by atoms with Gasteiger partial charge in [-0.1, -0.05) is 18.2 Å². The first-order chi connectivity index (χ1) is 10.1. The van der Waals surface area contributed by atoms with Crippen LogP contribution in [0.5, 0.6) is 0 Å². The summed E-state index contributed by atoms with van der Waals surface area (Å²) in [5.74, 6) is -2.26. The van der Waals surface area contributed by atoms with Gasteiger partial charge in [0.25, 0.3) is 0 Å². The number of hydrogen-bond donors (Lipinski definition) is 1. The Balaban J connectivity index is 2.03. The highest BCUT2D eigenvalue weighted by atomic mass is 19.2. The molecule has 0 spiro atoms. The lowest BCUT2D eigenvalue weighted by Gasteiger charge is -2.13. The molecule has 110 valence electrons. The third kappa shape index (κ3) is 2.95. The van der Waals surface area contributed by atoms with Crippen LogP contribution in [-0.2, 0) is 6.54 Å². The second-order valence-corrected chi connectivity index (χ2v) is 5.51. The molecule has 0 aromatic heterocycles. The van der Waals surface area contributed by atoms with Crippen LogP contribution in [0.15, 0.2) is 30.3 Å². The molecule has 1 aliphatic rings. The minimum Gasteiger partial charge on any atom is -0.310 e. The third-order valence-corrected chi connectivity index (χ3v) is 3.80. The lowest BCUT2D eigenvalue weighted by Crippen LogP contribution is -2.16. The molecule has 1 nitrogen and oxygen atoms in total. The van der Waals surface area contributed by atoms with Crippen LogP contribution in [0.25, 0.3) is 11.1 Å². The summed E-state index contributed by atoms with van der Waals surface area (Å²) in [5.41, 5.74) is 1.51. The van der Waals surface area contributed by atoms with Crippen LogP contribution in [-0.4, -0.2) is 6.04 Å². The van der Waals surface area contributed by atoms with Gasteiger partial charge < -0.3 is 5.32 Å². The third-order valence-electron chi connectivity index (χ3n) is 3.80. The van der Waals surface area contributed by atoms with Crippen LogP contribution in [0.4, 0.5) is 13.2 Å². The molecule has 2 aromatic carbocycles. The highest BCUT2D eigenvalue weighted by Gasteiger charge is 2.21. The molecule has 0 atom stereocenters. The van der Waals surface area contributed by atoms with Crippen molar-refractivity contribution in [2.24, 2.45) is 0 Å². The number of nitrogens with one attached hydrogen (secondary N) is 1. The SMILES string of the molecule is Cc1ccc(-c2cc(F)ccc2CNC2CC2)c(F)c1F. The minimum absolute atomic E-state index is 0.102. The zero-order chi connectivity index (χ0) is 15.0. The van der Waals surface area contributed by atoms with Gasteiger partial charge in [-0.25, -0.2) is 13.2 Å². The second kappa shape index (κ2) is 5.53. The van der Waals surface area contributed by atoms with E-state index < -0.39 is 17.5 Å². The van der Waals surface area contributed by atoms with Gasteiger partial charge in [-0.3, -0.25) is 0 Å². The van der Waals surface area contributed by atoms with Crippen molar-refractivity contribution in [2.45, 2.75) is 32.4 Å². The fraction of sp³-hybridized carbons (Fsp3) is 0.294. The monoisotopic (exact) mass is 291 g/mol. The van der Waals surface area contributed by atoms with E-state index in [2.05, 4.69) is 5.32 Å². The molecule has 0 aliphatic heterocycles. The van der Waals surface area contributed by atoms with Gasteiger partial charge in [0.15, 0.2) is 11.6 Å². The summed E-state index contributed by atoms with van der Waals surface area (Å²) in [6.07, 6.45) is 2.26. The van der Waals surface area contributed by atoms with Gasteiger partial charge in [-0.2, -0.15) is 0 Å². The molecule has 0 amide bonds. The van der Waals surface area contributed by atoms with E-state index in [1.807, 2.05) is 0 Å². The van der Waals surface area contributed by atoms with E-state index in [1.165, 1.54) is 31.2 Å². The zero-order valence-corrected chi connectivity index (χ0v) is 11.7. The van der Waals surface area contributed by atoms with E-state index in [-0.39, 0.29) is 11.1 Å². The van der Waals surface area contributed by atoms with Crippen LogP contribution in [0.2, 0.25) is 0 Å². The maximum absolute atomic E-state index is 14.2. The molecular weight excluding hydrogens is 275 g/mol. The molecule has 0 radical (unpaired) electrons. The lowest BCUT2D eigenvalue weighted by molar-refractivity contribution is 0.505. The largest absolute Gasteiger partial charge is 0.310 e. The maximum Gasteiger partial charge on any atom is 0.166 e. The predicted octanol–water partition coefficient (Wildman–Crippen LogP) is 4.33. The topological polar surface area (TPSA) is 12.0 Å². The van der Waals surface area contributed by atoms with Crippen molar-refractivity contribution in [3.8, 4) is 11.1 Å². The molecule has 1 N–H and O–H groups in total. The summed E-state index contributed by atoms with van der Waals surface area (Å²) < 4.78 is 41.4. The number of aryl methyl sites for hydroxylation is 1. The Kier molecular flexibility index (Phi) is 3.72. The first kappa shape index (κ1) is 14.1. The fourth-order valence-electron chi connectivity index (χ4n) is 2.35. The number of hydrogen-bond acceptors (Lipinski definition) is 1. The molecule has 4 heteroatoms. The van der Waals surface area contributed by atoms with Gasteiger partial charge in [0, 0.05) is 18.2 Å². The van der Waals surface area contributed by atoms with Gasteiger partial charge in [-0.05, 0) is 48.6 Å². The number of rotatable bonds is 4. The molecule has 21 heavy (non-hydrogen) atoms. The van der Waals surface area contributed by atoms with Crippen molar-refractivity contribution in [2.75, 3.05) is 0 Å². The first-order valence-corrected chi connectivity index (χ1v) is 7.03. The summed E-state index contributed by atoms with van der Waals surface area (Å²) in [7, 11) is 0. The van der Waals surface area contributed by atoms with Crippen LogP contribution >= 0.6 is 0 Å². The quantitative estimate of drug-likeness (QED) is 0.884. The van der Waals surface area contributed by atoms with Crippen LogP contribution in [0.1, 0.15) is 24.0 Å². The Morgan fingerprint density at radius 2 is 1.76 bits per heavy atom. The van der Waals surface area contributed by atoms with Crippen molar-refractivity contribution < 1.29 is 13.2 Å². The minimum atomic E-state index is -0.923. The zero-order valence-electron chi connectivity index (χ0n) is 11.7. The Bertz CT molecular complexity index is 678. The summed E-state index contributed by atoms with van der Waals surface area (Å²) in [5, 5.41) is 3.31. The standard InChI is InChI=1S/C17H16F3N/c1-10-2-7-14(17(20)16(10)19)15-8-12(18)4-3-11(15)9-21-13-5-6-13/h2-4,7-8,13,21H,5-6,9H2,1H3. The van der Waals surface area contributed by atoms with Crippen molar-refractivity contribution in [3.63, 3.8) is 0 Å². The molecule has 1 fully saturated rings. The first-order valence-electron chi connectivity index (χ1n) is 7.03. The van der Waals surface area contributed by atoms with E-state index in [1.54, 1.807) is 6.07 Å². The van der Waals surface area contributed by atoms with E-state index >= 15 is 0 Å². The van der Waals surface area contributed by atoms with Crippen molar-refractivity contribution in [1.82, 2.24) is 5.32 Å². The molecule has 1 aliphatic carbocycles. The van der Waals surface area contributed by atoms with E-state index in [4.69, 9.17) is 0 Å². The smallest absolute Gasteiger partial charge is 0.166 e. The summed E-state index contributed by atoms with van der Waals surface area (Å²) in [4.78, 5) is 0. The molecule has 3 rings (SSSR count). The molecule has 2 aromatic rings. The lowest BCUT2D eigenvalue weighted by atomic mass is 9.97. The van der Waals surface area contributed by atoms with E-state index in [9.17, 15) is 13.2 Å². The molecule has 0 heterocycles. The highest BCUT2D eigenvalue weighted by Crippen LogP contribution is 2.30. The van der Waals surface area contributed by atoms with E-state index in [0.29, 0.717) is 18.2 Å². The number of halogens is 3. The van der Waals surface area contributed by atoms with Crippen molar-refractivity contribution in [3.05, 3.63) is 58.9 Å². The Labute approximate surface area is 121 Å². The van der Waals surface area contributed by atoms with Crippen molar-refractivity contribution in [1.29, 1.82) is 0 Å². The Morgan fingerprint density at radius 3 is 2.48 bits per heavy atom. The average Bonchev–Trinajstić information content (AvgIpc) is 3.28. The van der Waals surface area contributed by atoms with Crippen LogP contribution in [0, 0.1) is 24.4 Å². The highest BCUT2D eigenvalue weighted by molar-refractivity contribution is 5.68. The predicted molar refractivity (Wildman–Crippen MR) is 76.4 cm³/mol. The molecule has 0 saturated heterocycles. The molecule has 0 unspecified atom stereocenters. The maximum atomic E-state index is 14.2. The van der Waals surface area contributed by atoms with E-state index in [0.717, 1.165) is 18.4 Å². The molecular formula is C17H16F3N. The summed E-state index contributed by atoms with van der Waals surface area (Å²) in [6, 6.07) is 7.73.